The Morgan fingerprint density at radius 1 is 1.38 bits per heavy atom. The zero-order valence-electron chi connectivity index (χ0n) is 5.94. The quantitative estimate of drug-likeness (QED) is 0.479. The molecule has 46 valence electrons. The smallest absolute Gasteiger partial charge is 0.0133 e. The molecule has 0 aromatic heterocycles. The molecule has 1 rings (SSSR count). The van der Waals surface area contributed by atoms with E-state index in [1.807, 2.05) is 0 Å². The van der Waals surface area contributed by atoms with Crippen LogP contribution < -0.4 is 0 Å². The molecule has 1 unspecified atom stereocenters. The first-order valence-electron chi connectivity index (χ1n) is 3.40. The van der Waals surface area contributed by atoms with Gasteiger partial charge in [-0.2, -0.15) is 0 Å². The molecule has 0 heterocycles. The lowest BCUT2D eigenvalue weighted by Gasteiger charge is -2.10. The third-order valence-corrected chi connectivity index (χ3v) is 2.02. The molecule has 0 spiro atoms. The molecule has 0 bridgehead atoms. The summed E-state index contributed by atoms with van der Waals surface area (Å²) in [6.45, 7) is 6.87. The molecular formula is C8H14. The van der Waals surface area contributed by atoms with Crippen molar-refractivity contribution in [2.45, 2.75) is 27.2 Å². The molecule has 0 aromatic rings. The molecule has 0 nitrogen and oxygen atoms in total. The predicted molar refractivity (Wildman–Crippen MR) is 36.7 cm³/mol. The fraction of sp³-hybridized carbons (Fsp3) is 0.750. The van der Waals surface area contributed by atoms with E-state index in [0.717, 1.165) is 11.8 Å². The van der Waals surface area contributed by atoms with E-state index in [2.05, 4.69) is 26.8 Å². The van der Waals surface area contributed by atoms with Gasteiger partial charge < -0.3 is 0 Å². The summed E-state index contributed by atoms with van der Waals surface area (Å²) in [5.74, 6) is 1.68. The zero-order valence-corrected chi connectivity index (χ0v) is 5.94. The van der Waals surface area contributed by atoms with Crippen LogP contribution in [0.2, 0.25) is 0 Å². The third kappa shape index (κ3) is 1.12. The molecule has 0 aromatic carbocycles. The van der Waals surface area contributed by atoms with Gasteiger partial charge >= 0.3 is 0 Å². The Labute approximate surface area is 51.6 Å². The first-order chi connectivity index (χ1) is 3.72. The van der Waals surface area contributed by atoms with E-state index in [-0.39, 0.29) is 0 Å². The van der Waals surface area contributed by atoms with Crippen LogP contribution in [-0.2, 0) is 0 Å². The van der Waals surface area contributed by atoms with Crippen LogP contribution in [0.1, 0.15) is 27.2 Å². The fourth-order valence-electron chi connectivity index (χ4n) is 0.859. The molecule has 1 aliphatic carbocycles. The van der Waals surface area contributed by atoms with Crippen molar-refractivity contribution >= 4 is 0 Å². The number of hydrogen-bond donors (Lipinski definition) is 0. The van der Waals surface area contributed by atoms with Gasteiger partial charge in [-0.1, -0.05) is 32.4 Å². The van der Waals surface area contributed by atoms with Gasteiger partial charge in [0.2, 0.25) is 0 Å². The number of allylic oxidation sites excluding steroid dienone is 2. The second-order valence-corrected chi connectivity index (χ2v) is 3.02. The molecule has 8 heavy (non-hydrogen) atoms. The van der Waals surface area contributed by atoms with Crippen molar-refractivity contribution in [2.75, 3.05) is 0 Å². The van der Waals surface area contributed by atoms with Gasteiger partial charge in [0.05, 0.1) is 0 Å². The molecule has 1 atom stereocenters. The van der Waals surface area contributed by atoms with Gasteiger partial charge in [-0.3, -0.25) is 0 Å². The third-order valence-electron chi connectivity index (χ3n) is 2.02. The molecule has 0 amide bonds. The van der Waals surface area contributed by atoms with Crippen LogP contribution in [0.4, 0.5) is 0 Å². The minimum atomic E-state index is 0.837. The molecule has 0 aliphatic heterocycles. The Bertz CT molecular complexity index is 109. The van der Waals surface area contributed by atoms with Crippen molar-refractivity contribution in [2.24, 2.45) is 11.8 Å². The SMILES string of the molecule is CC(C)C(C)C1=CC1. The molecular weight excluding hydrogens is 96.1 g/mol. The first-order valence-corrected chi connectivity index (χ1v) is 3.40. The minimum Gasteiger partial charge on any atom is -0.0807 e. The van der Waals surface area contributed by atoms with Crippen molar-refractivity contribution < 1.29 is 0 Å². The molecule has 1 aliphatic rings. The fourth-order valence-corrected chi connectivity index (χ4v) is 0.859. The van der Waals surface area contributed by atoms with E-state index in [9.17, 15) is 0 Å². The van der Waals surface area contributed by atoms with Gasteiger partial charge in [-0.05, 0) is 18.3 Å². The Kier molecular flexibility index (Phi) is 1.41. The molecule has 0 N–H and O–H groups in total. The summed E-state index contributed by atoms with van der Waals surface area (Å²) in [5, 5.41) is 0. The zero-order chi connectivity index (χ0) is 6.15. The molecule has 0 saturated heterocycles. The standard InChI is InChI=1S/C8H14/c1-6(2)7(3)8-4-5-8/h4,6-7H,5H2,1-3H3. The summed E-state index contributed by atoms with van der Waals surface area (Å²) in [6.07, 6.45) is 3.62. The number of hydrogen-bond acceptors (Lipinski definition) is 0. The highest BCUT2D eigenvalue weighted by Gasteiger charge is 2.17. The summed E-state index contributed by atoms with van der Waals surface area (Å²) in [6, 6.07) is 0. The lowest BCUT2D eigenvalue weighted by Crippen LogP contribution is -2.00. The Morgan fingerprint density at radius 3 is 2.00 bits per heavy atom. The summed E-state index contributed by atoms with van der Waals surface area (Å²) < 4.78 is 0. The average molecular weight is 110 g/mol. The highest BCUT2D eigenvalue weighted by Crippen LogP contribution is 2.31. The minimum absolute atomic E-state index is 0.837. The number of rotatable bonds is 2. The van der Waals surface area contributed by atoms with E-state index in [4.69, 9.17) is 0 Å². The van der Waals surface area contributed by atoms with Gasteiger partial charge in [-0.15, -0.1) is 0 Å². The molecule has 0 radical (unpaired) electrons. The first kappa shape index (κ1) is 5.87. The van der Waals surface area contributed by atoms with Crippen molar-refractivity contribution in [3.8, 4) is 0 Å². The van der Waals surface area contributed by atoms with Gasteiger partial charge in [0.25, 0.3) is 0 Å². The van der Waals surface area contributed by atoms with Crippen LogP contribution in [-0.4, -0.2) is 0 Å². The van der Waals surface area contributed by atoms with E-state index in [1.54, 1.807) is 5.57 Å². The molecule has 0 fully saturated rings. The van der Waals surface area contributed by atoms with E-state index in [0.29, 0.717) is 0 Å². The summed E-state index contributed by atoms with van der Waals surface area (Å²) >= 11 is 0. The van der Waals surface area contributed by atoms with Crippen LogP contribution in [0, 0.1) is 11.8 Å². The van der Waals surface area contributed by atoms with Crippen molar-refractivity contribution in [3.05, 3.63) is 11.6 Å². The summed E-state index contributed by atoms with van der Waals surface area (Å²) in [5.41, 5.74) is 1.67. The van der Waals surface area contributed by atoms with Crippen molar-refractivity contribution in [3.63, 3.8) is 0 Å². The van der Waals surface area contributed by atoms with Crippen molar-refractivity contribution in [1.29, 1.82) is 0 Å². The van der Waals surface area contributed by atoms with Crippen molar-refractivity contribution in [1.82, 2.24) is 0 Å². The monoisotopic (exact) mass is 110 g/mol. The van der Waals surface area contributed by atoms with Crippen LogP contribution in [0.15, 0.2) is 11.6 Å². The van der Waals surface area contributed by atoms with Gasteiger partial charge in [0, 0.05) is 0 Å². The predicted octanol–water partition coefficient (Wildman–Crippen LogP) is 2.61. The topological polar surface area (TPSA) is 0 Å². The van der Waals surface area contributed by atoms with Gasteiger partial charge in [0.1, 0.15) is 0 Å². The Balaban J connectivity index is 2.33. The van der Waals surface area contributed by atoms with E-state index in [1.165, 1.54) is 6.42 Å². The van der Waals surface area contributed by atoms with Gasteiger partial charge in [0.15, 0.2) is 0 Å². The second kappa shape index (κ2) is 1.93. The van der Waals surface area contributed by atoms with Crippen LogP contribution in [0.25, 0.3) is 0 Å². The lowest BCUT2D eigenvalue weighted by molar-refractivity contribution is 0.489. The normalized spacial score (nSPS) is 20.8. The van der Waals surface area contributed by atoms with Crippen LogP contribution >= 0.6 is 0 Å². The van der Waals surface area contributed by atoms with Gasteiger partial charge in [-0.25, -0.2) is 0 Å². The molecule has 0 heteroatoms. The average Bonchev–Trinajstić information content (AvgIpc) is 2.43. The van der Waals surface area contributed by atoms with E-state index < -0.39 is 0 Å². The Morgan fingerprint density at radius 2 is 1.88 bits per heavy atom. The maximum Gasteiger partial charge on any atom is -0.0133 e. The van der Waals surface area contributed by atoms with Crippen LogP contribution in [0.3, 0.4) is 0 Å². The summed E-state index contributed by atoms with van der Waals surface area (Å²) in [4.78, 5) is 0. The maximum absolute atomic E-state index is 2.32. The highest BCUT2D eigenvalue weighted by molar-refractivity contribution is 5.24. The largest absolute Gasteiger partial charge is 0.0807 e. The maximum atomic E-state index is 2.32. The second-order valence-electron chi connectivity index (χ2n) is 3.02. The molecule has 0 saturated carbocycles. The summed E-state index contributed by atoms with van der Waals surface area (Å²) in [7, 11) is 0. The lowest BCUT2D eigenvalue weighted by atomic mass is 9.95. The Hall–Kier alpha value is -0.260. The van der Waals surface area contributed by atoms with Crippen LogP contribution in [0.5, 0.6) is 0 Å². The van der Waals surface area contributed by atoms with E-state index >= 15 is 0 Å². The highest BCUT2D eigenvalue weighted by atomic mass is 14.2.